The molecular weight excluding hydrogens is 216 g/mol. The Hall–Kier alpha value is -1.19. The molecule has 0 spiro atoms. The molecule has 3 nitrogen and oxygen atoms in total. The Morgan fingerprint density at radius 2 is 1.47 bits per heavy atom. The van der Waals surface area contributed by atoms with E-state index in [0.717, 1.165) is 11.8 Å². The molecule has 1 rings (SSSR count). The molecule has 94 valence electrons. The van der Waals surface area contributed by atoms with Crippen LogP contribution in [0, 0.1) is 0 Å². The zero-order chi connectivity index (χ0) is 13.1. The van der Waals surface area contributed by atoms with Crippen molar-refractivity contribution in [3.63, 3.8) is 0 Å². The van der Waals surface area contributed by atoms with E-state index in [4.69, 9.17) is 9.78 Å². The van der Waals surface area contributed by atoms with Gasteiger partial charge in [0, 0.05) is 5.56 Å². The van der Waals surface area contributed by atoms with E-state index in [-0.39, 0.29) is 5.60 Å². The second-order valence-electron chi connectivity index (χ2n) is 5.53. The predicted molar refractivity (Wildman–Crippen MR) is 66.8 cm³/mol. The third-order valence-corrected chi connectivity index (χ3v) is 2.24. The fourth-order valence-corrected chi connectivity index (χ4v) is 1.24. The molecule has 0 heterocycles. The number of rotatable bonds is 4. The Morgan fingerprint density at radius 1 is 0.941 bits per heavy atom. The zero-order valence-electron chi connectivity index (χ0n) is 11.1. The van der Waals surface area contributed by atoms with Gasteiger partial charge in [-0.25, -0.2) is 9.78 Å². The number of carbonyl (C=O) groups is 1. The largest absolute Gasteiger partial charge is 0.298 e. The molecular formula is C14H20O3. The molecule has 0 aromatic heterocycles. The molecule has 0 amide bonds. The Balaban J connectivity index is 2.77. The standard InChI is InChI=1S/C14H20O3/c1-13(2,3)16-17-14(4,5)12-8-6-11(10-15)7-9-12/h6-10H,1-5H3. The van der Waals surface area contributed by atoms with Crippen LogP contribution in [-0.4, -0.2) is 11.9 Å². The van der Waals surface area contributed by atoms with Crippen LogP contribution in [0.2, 0.25) is 0 Å². The monoisotopic (exact) mass is 236 g/mol. The van der Waals surface area contributed by atoms with Gasteiger partial charge in [-0.15, -0.1) is 0 Å². The molecule has 0 saturated carbocycles. The van der Waals surface area contributed by atoms with Gasteiger partial charge in [-0.3, -0.25) is 4.79 Å². The van der Waals surface area contributed by atoms with E-state index < -0.39 is 5.60 Å². The first kappa shape index (κ1) is 13.9. The van der Waals surface area contributed by atoms with Crippen molar-refractivity contribution >= 4 is 6.29 Å². The molecule has 0 aliphatic heterocycles. The van der Waals surface area contributed by atoms with Gasteiger partial charge in [-0.1, -0.05) is 24.3 Å². The normalized spacial score (nSPS) is 12.5. The van der Waals surface area contributed by atoms with E-state index in [1.807, 2.05) is 46.8 Å². The average molecular weight is 236 g/mol. The number of aldehydes is 1. The van der Waals surface area contributed by atoms with E-state index in [0.29, 0.717) is 5.56 Å². The van der Waals surface area contributed by atoms with Crippen molar-refractivity contribution in [2.45, 2.75) is 45.8 Å². The van der Waals surface area contributed by atoms with Crippen LogP contribution >= 0.6 is 0 Å². The lowest BCUT2D eigenvalue weighted by Crippen LogP contribution is -2.28. The van der Waals surface area contributed by atoms with Crippen LogP contribution in [0.1, 0.15) is 50.5 Å². The van der Waals surface area contributed by atoms with Crippen molar-refractivity contribution in [3.8, 4) is 0 Å². The maximum Gasteiger partial charge on any atom is 0.150 e. The quantitative estimate of drug-likeness (QED) is 0.456. The third kappa shape index (κ3) is 4.29. The van der Waals surface area contributed by atoms with Crippen LogP contribution in [0.5, 0.6) is 0 Å². The lowest BCUT2D eigenvalue weighted by molar-refractivity contribution is -0.401. The maximum atomic E-state index is 10.6. The maximum absolute atomic E-state index is 10.6. The topological polar surface area (TPSA) is 35.5 Å². The van der Waals surface area contributed by atoms with Gasteiger partial charge in [0.05, 0.1) is 5.60 Å². The molecule has 17 heavy (non-hydrogen) atoms. The molecule has 0 radical (unpaired) electrons. The number of benzene rings is 1. The molecule has 3 heteroatoms. The summed E-state index contributed by atoms with van der Waals surface area (Å²) in [6, 6.07) is 7.28. The van der Waals surface area contributed by atoms with Crippen LogP contribution in [-0.2, 0) is 15.4 Å². The van der Waals surface area contributed by atoms with Gasteiger partial charge in [0.1, 0.15) is 11.9 Å². The van der Waals surface area contributed by atoms with Gasteiger partial charge in [0.15, 0.2) is 0 Å². The summed E-state index contributed by atoms with van der Waals surface area (Å²) in [5, 5.41) is 0. The molecule has 0 aliphatic rings. The molecule has 1 aromatic carbocycles. The van der Waals surface area contributed by atoms with Crippen molar-refractivity contribution in [1.29, 1.82) is 0 Å². The summed E-state index contributed by atoms with van der Waals surface area (Å²) in [6.45, 7) is 9.64. The van der Waals surface area contributed by atoms with Gasteiger partial charge >= 0.3 is 0 Å². The summed E-state index contributed by atoms with van der Waals surface area (Å²) < 4.78 is 0. The van der Waals surface area contributed by atoms with E-state index in [9.17, 15) is 4.79 Å². The van der Waals surface area contributed by atoms with Crippen LogP contribution < -0.4 is 0 Å². The zero-order valence-corrected chi connectivity index (χ0v) is 11.1. The highest BCUT2D eigenvalue weighted by Gasteiger charge is 2.25. The lowest BCUT2D eigenvalue weighted by atomic mass is 9.97. The minimum absolute atomic E-state index is 0.347. The van der Waals surface area contributed by atoms with Crippen molar-refractivity contribution in [2.24, 2.45) is 0 Å². The highest BCUT2D eigenvalue weighted by molar-refractivity contribution is 5.74. The highest BCUT2D eigenvalue weighted by atomic mass is 17.2. The smallest absolute Gasteiger partial charge is 0.150 e. The second-order valence-corrected chi connectivity index (χ2v) is 5.53. The molecule has 0 unspecified atom stereocenters. The predicted octanol–water partition coefficient (Wildman–Crippen LogP) is 3.48. The molecule has 0 aliphatic carbocycles. The first-order valence-electron chi connectivity index (χ1n) is 5.67. The van der Waals surface area contributed by atoms with Gasteiger partial charge in [0.25, 0.3) is 0 Å². The summed E-state index contributed by atoms with van der Waals surface area (Å²) in [6.07, 6.45) is 0.823. The number of carbonyl (C=O) groups excluding carboxylic acids is 1. The van der Waals surface area contributed by atoms with Crippen LogP contribution in [0.25, 0.3) is 0 Å². The SMILES string of the molecule is CC(C)(C)OOC(C)(C)c1ccc(C=O)cc1. The molecule has 0 bridgehead atoms. The summed E-state index contributed by atoms with van der Waals surface area (Å²) in [5.74, 6) is 0. The fourth-order valence-electron chi connectivity index (χ4n) is 1.24. The average Bonchev–Trinajstić information content (AvgIpc) is 2.26. The van der Waals surface area contributed by atoms with E-state index >= 15 is 0 Å². The minimum atomic E-state index is -0.547. The van der Waals surface area contributed by atoms with Crippen molar-refractivity contribution in [3.05, 3.63) is 35.4 Å². The van der Waals surface area contributed by atoms with Gasteiger partial charge in [-0.05, 0) is 40.2 Å². The van der Waals surface area contributed by atoms with Gasteiger partial charge < -0.3 is 0 Å². The first-order chi connectivity index (χ1) is 7.74. The Bertz CT molecular complexity index is 371. The summed E-state index contributed by atoms with van der Waals surface area (Å²) >= 11 is 0. The van der Waals surface area contributed by atoms with E-state index in [1.165, 1.54) is 0 Å². The molecule has 0 fully saturated rings. The first-order valence-corrected chi connectivity index (χ1v) is 5.67. The minimum Gasteiger partial charge on any atom is -0.298 e. The van der Waals surface area contributed by atoms with Gasteiger partial charge in [-0.2, -0.15) is 0 Å². The fraction of sp³-hybridized carbons (Fsp3) is 0.500. The lowest BCUT2D eigenvalue weighted by Gasteiger charge is -2.28. The summed E-state index contributed by atoms with van der Waals surface area (Å²) in [5.41, 5.74) is 0.725. The number of hydrogen-bond donors (Lipinski definition) is 0. The van der Waals surface area contributed by atoms with Crippen molar-refractivity contribution < 1.29 is 14.6 Å². The Morgan fingerprint density at radius 3 is 1.88 bits per heavy atom. The van der Waals surface area contributed by atoms with Crippen LogP contribution in [0.4, 0.5) is 0 Å². The summed E-state index contributed by atoms with van der Waals surface area (Å²) in [4.78, 5) is 21.4. The third-order valence-electron chi connectivity index (χ3n) is 2.24. The highest BCUT2D eigenvalue weighted by Crippen LogP contribution is 2.27. The number of hydrogen-bond acceptors (Lipinski definition) is 3. The Labute approximate surface area is 103 Å². The van der Waals surface area contributed by atoms with Crippen LogP contribution in [0.3, 0.4) is 0 Å². The van der Waals surface area contributed by atoms with Crippen molar-refractivity contribution in [2.75, 3.05) is 0 Å². The van der Waals surface area contributed by atoms with E-state index in [2.05, 4.69) is 0 Å². The summed E-state index contributed by atoms with van der Waals surface area (Å²) in [7, 11) is 0. The molecule has 0 atom stereocenters. The van der Waals surface area contributed by atoms with Gasteiger partial charge in [0.2, 0.25) is 0 Å². The van der Waals surface area contributed by atoms with E-state index in [1.54, 1.807) is 12.1 Å². The van der Waals surface area contributed by atoms with Crippen LogP contribution in [0.15, 0.2) is 24.3 Å². The molecule has 1 aromatic rings. The second kappa shape index (κ2) is 4.98. The molecule has 0 N–H and O–H groups in total. The van der Waals surface area contributed by atoms with Crippen molar-refractivity contribution in [1.82, 2.24) is 0 Å². The Kier molecular flexibility index (Phi) is 4.07. The molecule has 0 saturated heterocycles.